The molecule has 0 bridgehead atoms. The van der Waals surface area contributed by atoms with Crippen LogP contribution in [0.25, 0.3) is 0 Å². The number of carbonyl (C=O) groups excluding carboxylic acids is 1. The third-order valence-electron chi connectivity index (χ3n) is 2.35. The van der Waals surface area contributed by atoms with Crippen molar-refractivity contribution < 1.29 is 14.1 Å². The monoisotopic (exact) mass is 262 g/mol. The number of nitrogens with one attached hydrogen (secondary N) is 1. The standard InChI is InChI=1S/C11H10N4O4/c12-10-4-8(9(6-13-10)15(17)18)11(16)14-5-7-2-1-3-19-7/h1-4,6H,5H2,(H2,12,13)(H,14,16). The van der Waals surface area contributed by atoms with Crippen molar-refractivity contribution in [3.8, 4) is 0 Å². The third-order valence-corrected chi connectivity index (χ3v) is 2.35. The third kappa shape index (κ3) is 2.86. The van der Waals surface area contributed by atoms with E-state index in [1.807, 2.05) is 0 Å². The molecular weight excluding hydrogens is 252 g/mol. The van der Waals surface area contributed by atoms with Crippen molar-refractivity contribution in [2.45, 2.75) is 6.54 Å². The van der Waals surface area contributed by atoms with Crippen LogP contribution in [0, 0.1) is 10.1 Å². The molecule has 0 saturated heterocycles. The van der Waals surface area contributed by atoms with E-state index in [1.54, 1.807) is 12.1 Å². The zero-order chi connectivity index (χ0) is 13.8. The summed E-state index contributed by atoms with van der Waals surface area (Å²) in [5.41, 5.74) is 4.89. The predicted octanol–water partition coefficient (Wildman–Crippen LogP) is 1.10. The molecule has 0 spiro atoms. The SMILES string of the molecule is Nc1cc(C(=O)NCc2ccco2)c([N+](=O)[O-])cn1. The number of rotatable bonds is 4. The fraction of sp³-hybridized carbons (Fsp3) is 0.0909. The fourth-order valence-corrected chi connectivity index (χ4v) is 1.47. The molecule has 0 unspecified atom stereocenters. The van der Waals surface area contributed by atoms with Gasteiger partial charge in [-0.3, -0.25) is 14.9 Å². The number of nitrogens with two attached hydrogens (primary N) is 1. The largest absolute Gasteiger partial charge is 0.467 e. The van der Waals surface area contributed by atoms with Gasteiger partial charge < -0.3 is 15.5 Å². The van der Waals surface area contributed by atoms with Crippen molar-refractivity contribution in [2.24, 2.45) is 0 Å². The van der Waals surface area contributed by atoms with E-state index in [4.69, 9.17) is 10.2 Å². The summed E-state index contributed by atoms with van der Waals surface area (Å²) in [6, 6.07) is 4.51. The van der Waals surface area contributed by atoms with E-state index in [9.17, 15) is 14.9 Å². The molecule has 0 fully saturated rings. The molecule has 2 rings (SSSR count). The van der Waals surface area contributed by atoms with Crippen LogP contribution in [-0.4, -0.2) is 15.8 Å². The Balaban J connectivity index is 2.18. The molecule has 2 heterocycles. The van der Waals surface area contributed by atoms with Gasteiger partial charge in [-0.2, -0.15) is 0 Å². The van der Waals surface area contributed by atoms with Crippen molar-refractivity contribution in [1.29, 1.82) is 0 Å². The van der Waals surface area contributed by atoms with Crippen LogP contribution in [0.15, 0.2) is 35.1 Å². The second kappa shape index (κ2) is 5.17. The number of nitro groups is 1. The molecule has 8 nitrogen and oxygen atoms in total. The zero-order valence-corrected chi connectivity index (χ0v) is 9.70. The lowest BCUT2D eigenvalue weighted by atomic mass is 10.2. The summed E-state index contributed by atoms with van der Waals surface area (Å²) in [7, 11) is 0. The maximum atomic E-state index is 11.9. The number of anilines is 1. The number of pyridine rings is 1. The van der Waals surface area contributed by atoms with Gasteiger partial charge in [0.1, 0.15) is 23.3 Å². The Hall–Kier alpha value is -2.90. The zero-order valence-electron chi connectivity index (χ0n) is 9.70. The minimum absolute atomic E-state index is 0.0359. The Morgan fingerprint density at radius 3 is 3.00 bits per heavy atom. The van der Waals surface area contributed by atoms with Gasteiger partial charge in [0.2, 0.25) is 0 Å². The number of amides is 1. The number of nitrogens with zero attached hydrogens (tertiary/aromatic N) is 2. The topological polar surface area (TPSA) is 124 Å². The van der Waals surface area contributed by atoms with E-state index in [0.717, 1.165) is 12.3 Å². The number of hydrogen-bond donors (Lipinski definition) is 2. The normalized spacial score (nSPS) is 10.1. The van der Waals surface area contributed by atoms with Crippen LogP contribution in [0.3, 0.4) is 0 Å². The second-order valence-electron chi connectivity index (χ2n) is 3.65. The smallest absolute Gasteiger partial charge is 0.300 e. The minimum Gasteiger partial charge on any atom is -0.467 e. The van der Waals surface area contributed by atoms with E-state index in [-0.39, 0.29) is 17.9 Å². The molecule has 0 aromatic carbocycles. The molecule has 0 aliphatic carbocycles. The maximum absolute atomic E-state index is 11.9. The molecule has 0 aliphatic heterocycles. The van der Waals surface area contributed by atoms with E-state index < -0.39 is 16.5 Å². The second-order valence-corrected chi connectivity index (χ2v) is 3.65. The van der Waals surface area contributed by atoms with Crippen molar-refractivity contribution >= 4 is 17.4 Å². The van der Waals surface area contributed by atoms with Crippen molar-refractivity contribution in [3.63, 3.8) is 0 Å². The molecule has 3 N–H and O–H groups in total. The van der Waals surface area contributed by atoms with Crippen LogP contribution >= 0.6 is 0 Å². The lowest BCUT2D eigenvalue weighted by Crippen LogP contribution is -2.23. The lowest BCUT2D eigenvalue weighted by Gasteiger charge is -2.04. The molecule has 0 radical (unpaired) electrons. The Kier molecular flexibility index (Phi) is 3.42. The predicted molar refractivity (Wildman–Crippen MR) is 65.2 cm³/mol. The summed E-state index contributed by atoms with van der Waals surface area (Å²) in [5, 5.41) is 13.3. The highest BCUT2D eigenvalue weighted by molar-refractivity contribution is 5.98. The van der Waals surface area contributed by atoms with Gasteiger partial charge in [0.15, 0.2) is 0 Å². The summed E-state index contributed by atoms with van der Waals surface area (Å²) in [6.07, 6.45) is 2.42. The van der Waals surface area contributed by atoms with Crippen molar-refractivity contribution in [1.82, 2.24) is 10.3 Å². The van der Waals surface area contributed by atoms with Crippen LogP contribution in [0.2, 0.25) is 0 Å². The molecule has 2 aromatic rings. The number of carbonyl (C=O) groups is 1. The van der Waals surface area contributed by atoms with Gasteiger partial charge in [-0.1, -0.05) is 0 Å². The highest BCUT2D eigenvalue weighted by Gasteiger charge is 2.21. The van der Waals surface area contributed by atoms with Gasteiger partial charge in [-0.25, -0.2) is 4.98 Å². The quantitative estimate of drug-likeness (QED) is 0.627. The molecule has 2 aromatic heterocycles. The molecular formula is C11H10N4O4. The summed E-state index contributed by atoms with van der Waals surface area (Å²) in [4.78, 5) is 25.6. The van der Waals surface area contributed by atoms with Gasteiger partial charge in [0, 0.05) is 0 Å². The first-order valence-electron chi connectivity index (χ1n) is 5.28. The Morgan fingerprint density at radius 1 is 1.58 bits per heavy atom. The van der Waals surface area contributed by atoms with Gasteiger partial charge >= 0.3 is 0 Å². The minimum atomic E-state index is -0.686. The highest BCUT2D eigenvalue weighted by Crippen LogP contribution is 2.18. The van der Waals surface area contributed by atoms with Gasteiger partial charge in [-0.05, 0) is 18.2 Å². The molecule has 0 aliphatic rings. The first-order chi connectivity index (χ1) is 9.08. The lowest BCUT2D eigenvalue weighted by molar-refractivity contribution is -0.385. The summed E-state index contributed by atoms with van der Waals surface area (Å²) >= 11 is 0. The fourth-order valence-electron chi connectivity index (χ4n) is 1.47. The van der Waals surface area contributed by atoms with Crippen molar-refractivity contribution in [2.75, 3.05) is 5.73 Å². The molecule has 1 amide bonds. The van der Waals surface area contributed by atoms with Crippen LogP contribution < -0.4 is 11.1 Å². The Bertz CT molecular complexity index is 609. The van der Waals surface area contributed by atoms with E-state index in [0.29, 0.717) is 5.76 Å². The molecule has 8 heteroatoms. The average Bonchev–Trinajstić information content (AvgIpc) is 2.88. The van der Waals surface area contributed by atoms with E-state index >= 15 is 0 Å². The number of nitrogen functional groups attached to an aromatic ring is 1. The number of hydrogen-bond acceptors (Lipinski definition) is 6. The first kappa shape index (κ1) is 12.6. The van der Waals surface area contributed by atoms with E-state index in [2.05, 4.69) is 10.3 Å². The highest BCUT2D eigenvalue weighted by atomic mass is 16.6. The molecule has 0 saturated carbocycles. The maximum Gasteiger partial charge on any atom is 0.300 e. The summed E-state index contributed by atoms with van der Waals surface area (Å²) in [5.74, 6) is -0.0380. The van der Waals surface area contributed by atoms with Gasteiger partial charge in [-0.15, -0.1) is 0 Å². The van der Waals surface area contributed by atoms with Crippen LogP contribution in [0.4, 0.5) is 11.5 Å². The average molecular weight is 262 g/mol. The van der Waals surface area contributed by atoms with Crippen LogP contribution in [-0.2, 0) is 6.54 Å². The van der Waals surface area contributed by atoms with Gasteiger partial charge in [0.05, 0.1) is 17.7 Å². The van der Waals surface area contributed by atoms with Crippen LogP contribution in [0.5, 0.6) is 0 Å². The number of aromatic nitrogens is 1. The first-order valence-corrected chi connectivity index (χ1v) is 5.28. The summed E-state index contributed by atoms with van der Waals surface area (Å²) < 4.78 is 5.04. The van der Waals surface area contributed by atoms with Crippen molar-refractivity contribution in [3.05, 3.63) is 52.1 Å². The summed E-state index contributed by atoms with van der Waals surface area (Å²) in [6.45, 7) is 0.130. The van der Waals surface area contributed by atoms with Gasteiger partial charge in [0.25, 0.3) is 11.6 Å². The molecule has 19 heavy (non-hydrogen) atoms. The Morgan fingerprint density at radius 2 is 2.37 bits per heavy atom. The number of furan rings is 1. The molecule has 0 atom stereocenters. The Labute approximate surface area is 107 Å². The molecule has 98 valence electrons. The van der Waals surface area contributed by atoms with E-state index in [1.165, 1.54) is 6.26 Å². The van der Waals surface area contributed by atoms with Crippen LogP contribution in [0.1, 0.15) is 16.1 Å².